The number of aliphatic hydroxyl groups excluding tert-OH is 1. The summed E-state index contributed by atoms with van der Waals surface area (Å²) < 4.78 is 0. The van der Waals surface area contributed by atoms with Crippen LogP contribution in [0.1, 0.15) is 44.9 Å². The normalized spacial score (nSPS) is 20.1. The number of nitrogens with one attached hydrogen (secondary N) is 1. The Morgan fingerprint density at radius 2 is 1.89 bits per heavy atom. The topological polar surface area (TPSA) is 113 Å². The second-order valence-corrected chi connectivity index (χ2v) is 5.09. The summed E-state index contributed by atoms with van der Waals surface area (Å²) in [5, 5.41) is 20.1. The molecule has 0 aromatic carbocycles. The monoisotopic (exact) mass is 258 g/mol. The summed E-state index contributed by atoms with van der Waals surface area (Å²) in [5.41, 5.74) is 5.73. The zero-order valence-corrected chi connectivity index (χ0v) is 10.5. The molecule has 0 aliphatic heterocycles. The van der Waals surface area contributed by atoms with Gasteiger partial charge in [-0.1, -0.05) is 19.3 Å². The van der Waals surface area contributed by atoms with Gasteiger partial charge in [0.25, 0.3) is 0 Å². The SMILES string of the molecule is NC1(CC(=O)NCC[C@H](O)C(=O)O)CCCCC1. The average Bonchev–Trinajstić information content (AvgIpc) is 2.28. The summed E-state index contributed by atoms with van der Waals surface area (Å²) >= 11 is 0. The molecule has 5 N–H and O–H groups in total. The van der Waals surface area contributed by atoms with E-state index in [9.17, 15) is 9.59 Å². The molecule has 1 aliphatic carbocycles. The van der Waals surface area contributed by atoms with Gasteiger partial charge in [-0.2, -0.15) is 0 Å². The first-order valence-electron chi connectivity index (χ1n) is 6.39. The van der Waals surface area contributed by atoms with Crippen LogP contribution >= 0.6 is 0 Å². The highest BCUT2D eigenvalue weighted by Crippen LogP contribution is 2.28. The van der Waals surface area contributed by atoms with E-state index in [1.54, 1.807) is 0 Å². The van der Waals surface area contributed by atoms with Crippen LogP contribution in [0.3, 0.4) is 0 Å². The van der Waals surface area contributed by atoms with Gasteiger partial charge in [0.15, 0.2) is 6.10 Å². The molecule has 0 aromatic rings. The van der Waals surface area contributed by atoms with Crippen LogP contribution in [0.15, 0.2) is 0 Å². The quantitative estimate of drug-likeness (QED) is 0.535. The van der Waals surface area contributed by atoms with Crippen molar-refractivity contribution in [2.24, 2.45) is 5.73 Å². The molecule has 0 radical (unpaired) electrons. The number of hydrogen-bond acceptors (Lipinski definition) is 4. The fourth-order valence-electron chi connectivity index (χ4n) is 2.29. The highest BCUT2D eigenvalue weighted by Gasteiger charge is 2.29. The Hall–Kier alpha value is -1.14. The summed E-state index contributed by atoms with van der Waals surface area (Å²) in [7, 11) is 0. The second-order valence-electron chi connectivity index (χ2n) is 5.09. The van der Waals surface area contributed by atoms with Crippen molar-refractivity contribution >= 4 is 11.9 Å². The molecule has 1 aliphatic rings. The van der Waals surface area contributed by atoms with Gasteiger partial charge in [-0.05, 0) is 12.8 Å². The molecule has 6 heteroatoms. The zero-order chi connectivity index (χ0) is 13.6. The molecule has 1 rings (SSSR count). The fraction of sp³-hybridized carbons (Fsp3) is 0.833. The van der Waals surface area contributed by atoms with E-state index in [0.717, 1.165) is 25.7 Å². The highest BCUT2D eigenvalue weighted by atomic mass is 16.4. The van der Waals surface area contributed by atoms with Crippen LogP contribution in [0.25, 0.3) is 0 Å². The molecule has 0 saturated heterocycles. The third-order valence-corrected chi connectivity index (χ3v) is 3.39. The molecular weight excluding hydrogens is 236 g/mol. The Balaban J connectivity index is 2.22. The van der Waals surface area contributed by atoms with Gasteiger partial charge in [-0.3, -0.25) is 4.79 Å². The van der Waals surface area contributed by atoms with Gasteiger partial charge in [-0.15, -0.1) is 0 Å². The maximum atomic E-state index is 11.6. The Kier molecular flexibility index (Phi) is 5.55. The summed E-state index contributed by atoms with van der Waals surface area (Å²) in [6.45, 7) is 0.155. The molecule has 0 bridgehead atoms. The standard InChI is InChI=1S/C12H22N2O4/c13-12(5-2-1-3-6-12)8-10(16)14-7-4-9(15)11(17)18/h9,15H,1-8,13H2,(H,14,16)(H,17,18)/t9-/m0/s1. The lowest BCUT2D eigenvalue weighted by atomic mass is 9.80. The first-order chi connectivity index (χ1) is 8.43. The summed E-state index contributed by atoms with van der Waals surface area (Å²) in [6, 6.07) is 0. The van der Waals surface area contributed by atoms with E-state index in [0.29, 0.717) is 0 Å². The van der Waals surface area contributed by atoms with E-state index >= 15 is 0 Å². The molecule has 6 nitrogen and oxygen atoms in total. The minimum absolute atomic E-state index is 0.0125. The van der Waals surface area contributed by atoms with Gasteiger partial charge in [0, 0.05) is 24.9 Å². The van der Waals surface area contributed by atoms with Gasteiger partial charge >= 0.3 is 5.97 Å². The summed E-state index contributed by atoms with van der Waals surface area (Å²) in [5.74, 6) is -1.44. The fourth-order valence-corrected chi connectivity index (χ4v) is 2.29. The van der Waals surface area contributed by atoms with Crippen molar-refractivity contribution in [3.63, 3.8) is 0 Å². The van der Waals surface area contributed by atoms with Crippen LogP contribution < -0.4 is 11.1 Å². The lowest BCUT2D eigenvalue weighted by Gasteiger charge is -2.32. The maximum Gasteiger partial charge on any atom is 0.332 e. The van der Waals surface area contributed by atoms with Crippen molar-refractivity contribution in [3.8, 4) is 0 Å². The lowest BCUT2D eigenvalue weighted by Crippen LogP contribution is -2.46. The molecule has 104 valence electrons. The third-order valence-electron chi connectivity index (χ3n) is 3.39. The van der Waals surface area contributed by atoms with Crippen LogP contribution in [-0.4, -0.2) is 40.3 Å². The van der Waals surface area contributed by atoms with Gasteiger partial charge in [-0.25, -0.2) is 4.79 Å². The van der Waals surface area contributed by atoms with Gasteiger partial charge in [0.1, 0.15) is 0 Å². The number of amides is 1. The predicted octanol–water partition coefficient (Wildman–Crippen LogP) is -0.0101. The van der Waals surface area contributed by atoms with Gasteiger partial charge in [0.2, 0.25) is 5.91 Å². The number of nitrogens with two attached hydrogens (primary N) is 1. The van der Waals surface area contributed by atoms with Gasteiger partial charge < -0.3 is 21.3 Å². The van der Waals surface area contributed by atoms with Crippen LogP contribution in [0.2, 0.25) is 0 Å². The van der Waals surface area contributed by atoms with Crippen molar-refractivity contribution in [1.29, 1.82) is 0 Å². The van der Waals surface area contributed by atoms with Crippen molar-refractivity contribution in [3.05, 3.63) is 0 Å². The molecule has 1 saturated carbocycles. The number of hydrogen-bond donors (Lipinski definition) is 4. The minimum Gasteiger partial charge on any atom is -0.479 e. The molecule has 0 spiro atoms. The Morgan fingerprint density at radius 3 is 2.44 bits per heavy atom. The van der Waals surface area contributed by atoms with Crippen molar-refractivity contribution in [2.45, 2.75) is 56.6 Å². The molecule has 0 aromatic heterocycles. The van der Waals surface area contributed by atoms with Crippen LogP contribution in [-0.2, 0) is 9.59 Å². The number of carboxylic acid groups (broad SMARTS) is 1. The zero-order valence-electron chi connectivity index (χ0n) is 10.5. The molecule has 0 unspecified atom stereocenters. The Morgan fingerprint density at radius 1 is 1.28 bits per heavy atom. The largest absolute Gasteiger partial charge is 0.479 e. The van der Waals surface area contributed by atoms with E-state index < -0.39 is 17.6 Å². The lowest BCUT2D eigenvalue weighted by molar-refractivity contribution is -0.147. The van der Waals surface area contributed by atoms with E-state index in [1.807, 2.05) is 0 Å². The van der Waals surface area contributed by atoms with Crippen molar-refractivity contribution < 1.29 is 19.8 Å². The minimum atomic E-state index is -1.42. The molecule has 18 heavy (non-hydrogen) atoms. The van der Waals surface area contributed by atoms with Crippen LogP contribution in [0, 0.1) is 0 Å². The molecule has 1 atom stereocenters. The first-order valence-corrected chi connectivity index (χ1v) is 6.39. The van der Waals surface area contributed by atoms with Crippen LogP contribution in [0.5, 0.6) is 0 Å². The number of aliphatic carboxylic acids is 1. The Labute approximate surface area is 107 Å². The third kappa shape index (κ3) is 5.01. The molecular formula is C12H22N2O4. The average molecular weight is 258 g/mol. The summed E-state index contributed by atoms with van der Waals surface area (Å²) in [4.78, 5) is 22.0. The van der Waals surface area contributed by atoms with E-state index in [2.05, 4.69) is 5.32 Å². The van der Waals surface area contributed by atoms with Crippen LogP contribution in [0.4, 0.5) is 0 Å². The number of carbonyl (C=O) groups is 2. The predicted molar refractivity (Wildman–Crippen MR) is 65.9 cm³/mol. The number of carbonyl (C=O) groups excluding carboxylic acids is 1. The first kappa shape index (κ1) is 14.9. The summed E-state index contributed by atoms with van der Waals surface area (Å²) in [6.07, 6.45) is 3.87. The van der Waals surface area contributed by atoms with Gasteiger partial charge in [0.05, 0.1) is 0 Å². The van der Waals surface area contributed by atoms with Crippen molar-refractivity contribution in [2.75, 3.05) is 6.54 Å². The van der Waals surface area contributed by atoms with E-state index in [1.165, 1.54) is 6.42 Å². The smallest absolute Gasteiger partial charge is 0.332 e. The van der Waals surface area contributed by atoms with E-state index in [4.69, 9.17) is 15.9 Å². The molecule has 1 amide bonds. The highest BCUT2D eigenvalue weighted by molar-refractivity contribution is 5.77. The maximum absolute atomic E-state index is 11.6. The molecule has 0 heterocycles. The second kappa shape index (κ2) is 6.70. The molecule has 1 fully saturated rings. The number of rotatable bonds is 6. The van der Waals surface area contributed by atoms with E-state index in [-0.39, 0.29) is 25.3 Å². The number of carboxylic acids is 1. The Bertz CT molecular complexity index is 300. The van der Waals surface area contributed by atoms with Crippen molar-refractivity contribution in [1.82, 2.24) is 5.32 Å². The number of aliphatic hydroxyl groups is 1.